The molecular weight excluding hydrogens is 350 g/mol. The van der Waals surface area contributed by atoms with Crippen LogP contribution in [0.3, 0.4) is 0 Å². The first kappa shape index (κ1) is 15.2. The van der Waals surface area contributed by atoms with Crippen molar-refractivity contribution in [1.82, 2.24) is 24.5 Å². The lowest BCUT2D eigenvalue weighted by atomic mass is 10.3. The van der Waals surface area contributed by atoms with Crippen molar-refractivity contribution in [2.75, 3.05) is 7.11 Å². The quantitative estimate of drug-likeness (QED) is 0.737. The normalized spacial score (nSPS) is 11.9. The molecule has 8 nitrogen and oxygen atoms in total. The molecule has 0 unspecified atom stereocenters. The molecule has 3 aromatic rings. The maximum Gasteiger partial charge on any atom is 0.244 e. The molecule has 3 rings (SSSR count). The van der Waals surface area contributed by atoms with Crippen LogP contribution in [0.25, 0.3) is 4.96 Å². The van der Waals surface area contributed by atoms with Crippen LogP contribution < -0.4 is 9.46 Å². The van der Waals surface area contributed by atoms with E-state index in [9.17, 15) is 8.42 Å². The smallest absolute Gasteiger partial charge is 0.244 e. The van der Waals surface area contributed by atoms with Crippen LogP contribution in [0.4, 0.5) is 0 Å². The second kappa shape index (κ2) is 5.80. The van der Waals surface area contributed by atoms with Gasteiger partial charge in [0.25, 0.3) is 0 Å². The standard InChI is InChI=1S/C11H10ClN5O3S2/c1-20-8-3-2-7(12)4-9(8)22(18,19)14-5-10-16-17-6-13-15-11(17)21-10/h2-4,6,14H,5H2,1H3. The summed E-state index contributed by atoms with van der Waals surface area (Å²) in [6.07, 6.45) is 1.45. The number of nitrogens with one attached hydrogen (secondary N) is 1. The van der Waals surface area contributed by atoms with Crippen LogP contribution in [-0.4, -0.2) is 35.3 Å². The predicted octanol–water partition coefficient (Wildman–Crippen LogP) is 1.33. The zero-order valence-corrected chi connectivity index (χ0v) is 13.6. The number of hydrogen-bond acceptors (Lipinski definition) is 7. The lowest BCUT2D eigenvalue weighted by molar-refractivity contribution is 0.402. The molecule has 0 aliphatic heterocycles. The van der Waals surface area contributed by atoms with Gasteiger partial charge in [-0.25, -0.2) is 13.1 Å². The number of halogens is 1. The predicted molar refractivity (Wildman–Crippen MR) is 80.7 cm³/mol. The Kier molecular flexibility index (Phi) is 4.00. The van der Waals surface area contributed by atoms with Crippen molar-refractivity contribution in [1.29, 1.82) is 0 Å². The Balaban J connectivity index is 1.84. The van der Waals surface area contributed by atoms with Crippen LogP contribution in [0.5, 0.6) is 5.75 Å². The Morgan fingerprint density at radius 2 is 2.27 bits per heavy atom. The molecule has 0 aliphatic carbocycles. The molecule has 0 saturated heterocycles. The summed E-state index contributed by atoms with van der Waals surface area (Å²) >= 11 is 7.11. The summed E-state index contributed by atoms with van der Waals surface area (Å²) in [7, 11) is -2.39. The van der Waals surface area contributed by atoms with E-state index in [4.69, 9.17) is 16.3 Å². The Labute approximate surface area is 134 Å². The van der Waals surface area contributed by atoms with Crippen molar-refractivity contribution in [3.05, 3.63) is 34.6 Å². The highest BCUT2D eigenvalue weighted by molar-refractivity contribution is 7.89. The molecule has 0 amide bonds. The number of fused-ring (bicyclic) bond motifs is 1. The molecule has 0 fully saturated rings. The minimum Gasteiger partial charge on any atom is -0.495 e. The summed E-state index contributed by atoms with van der Waals surface area (Å²) < 4.78 is 33.8. The molecular formula is C11H10ClN5O3S2. The van der Waals surface area contributed by atoms with E-state index in [1.807, 2.05) is 0 Å². The van der Waals surface area contributed by atoms with Gasteiger partial charge < -0.3 is 4.74 Å². The Bertz CT molecular complexity index is 892. The van der Waals surface area contributed by atoms with Crippen molar-refractivity contribution in [3.8, 4) is 5.75 Å². The van der Waals surface area contributed by atoms with Gasteiger partial charge in [-0.3, -0.25) is 0 Å². The monoisotopic (exact) mass is 359 g/mol. The van der Waals surface area contributed by atoms with E-state index in [1.165, 1.54) is 41.4 Å². The van der Waals surface area contributed by atoms with E-state index in [1.54, 1.807) is 6.07 Å². The number of hydrogen-bond donors (Lipinski definition) is 1. The SMILES string of the molecule is COc1ccc(Cl)cc1S(=O)(=O)NCc1nn2cnnc2s1. The van der Waals surface area contributed by atoms with Gasteiger partial charge in [-0.15, -0.1) is 10.2 Å². The number of methoxy groups -OCH3 is 1. The van der Waals surface area contributed by atoms with Crippen LogP contribution in [0.2, 0.25) is 5.02 Å². The summed E-state index contributed by atoms with van der Waals surface area (Å²) in [5, 5.41) is 12.5. The highest BCUT2D eigenvalue weighted by atomic mass is 35.5. The molecule has 1 N–H and O–H groups in total. The van der Waals surface area contributed by atoms with E-state index in [0.29, 0.717) is 15.0 Å². The number of rotatable bonds is 5. The van der Waals surface area contributed by atoms with E-state index >= 15 is 0 Å². The number of ether oxygens (including phenoxy) is 1. The molecule has 0 saturated carbocycles. The van der Waals surface area contributed by atoms with Gasteiger partial charge in [-0.1, -0.05) is 22.9 Å². The van der Waals surface area contributed by atoms with Crippen LogP contribution in [0.1, 0.15) is 5.01 Å². The fourth-order valence-corrected chi connectivity index (χ4v) is 4.03. The maximum absolute atomic E-state index is 12.4. The first-order valence-corrected chi connectivity index (χ1v) is 8.66. The zero-order valence-electron chi connectivity index (χ0n) is 11.2. The third kappa shape index (κ3) is 2.90. The molecule has 11 heteroatoms. The molecule has 0 radical (unpaired) electrons. The van der Waals surface area contributed by atoms with E-state index < -0.39 is 10.0 Å². The van der Waals surface area contributed by atoms with Gasteiger partial charge in [0.1, 0.15) is 22.0 Å². The van der Waals surface area contributed by atoms with E-state index in [0.717, 1.165) is 0 Å². The van der Waals surface area contributed by atoms with Crippen LogP contribution in [-0.2, 0) is 16.6 Å². The van der Waals surface area contributed by atoms with Crippen LogP contribution in [0, 0.1) is 0 Å². The van der Waals surface area contributed by atoms with Crippen molar-refractivity contribution >= 4 is 37.9 Å². The number of aromatic nitrogens is 4. The van der Waals surface area contributed by atoms with Gasteiger partial charge in [-0.05, 0) is 18.2 Å². The van der Waals surface area contributed by atoms with Gasteiger partial charge >= 0.3 is 0 Å². The first-order valence-electron chi connectivity index (χ1n) is 5.98. The Morgan fingerprint density at radius 1 is 1.45 bits per heavy atom. The summed E-state index contributed by atoms with van der Waals surface area (Å²) in [4.78, 5) is 0.569. The highest BCUT2D eigenvalue weighted by Crippen LogP contribution is 2.27. The number of sulfonamides is 1. The number of benzene rings is 1. The van der Waals surface area contributed by atoms with E-state index in [-0.39, 0.29) is 17.2 Å². The molecule has 0 aliphatic rings. The molecule has 2 heterocycles. The summed E-state index contributed by atoms with van der Waals surface area (Å²) in [6.45, 7) is 0.0338. The van der Waals surface area contributed by atoms with Crippen LogP contribution in [0.15, 0.2) is 29.4 Å². The van der Waals surface area contributed by atoms with E-state index in [2.05, 4.69) is 20.0 Å². The molecule has 2 aromatic heterocycles. The molecule has 22 heavy (non-hydrogen) atoms. The van der Waals surface area contributed by atoms with Gasteiger partial charge in [-0.2, -0.15) is 9.61 Å². The van der Waals surface area contributed by atoms with Crippen molar-refractivity contribution in [2.24, 2.45) is 0 Å². The lowest BCUT2D eigenvalue weighted by Gasteiger charge is -2.10. The fraction of sp³-hybridized carbons (Fsp3) is 0.182. The Morgan fingerprint density at radius 3 is 3.00 bits per heavy atom. The largest absolute Gasteiger partial charge is 0.495 e. The highest BCUT2D eigenvalue weighted by Gasteiger charge is 2.20. The maximum atomic E-state index is 12.4. The van der Waals surface area contributed by atoms with Crippen molar-refractivity contribution in [2.45, 2.75) is 11.4 Å². The van der Waals surface area contributed by atoms with Gasteiger partial charge in [0, 0.05) is 5.02 Å². The lowest BCUT2D eigenvalue weighted by Crippen LogP contribution is -2.23. The summed E-state index contributed by atoms with van der Waals surface area (Å²) in [5.41, 5.74) is 0. The number of nitrogens with zero attached hydrogens (tertiary/aromatic N) is 4. The average molecular weight is 360 g/mol. The van der Waals surface area contributed by atoms with Gasteiger partial charge in [0.15, 0.2) is 0 Å². The molecule has 0 atom stereocenters. The van der Waals surface area contributed by atoms with Crippen molar-refractivity contribution < 1.29 is 13.2 Å². The van der Waals surface area contributed by atoms with Crippen LogP contribution >= 0.6 is 22.9 Å². The fourth-order valence-electron chi connectivity index (χ4n) is 1.77. The topological polar surface area (TPSA) is 98.5 Å². The second-order valence-corrected chi connectivity index (χ2v) is 7.39. The third-order valence-electron chi connectivity index (χ3n) is 2.76. The third-order valence-corrected chi connectivity index (χ3v) is 5.33. The second-order valence-electron chi connectivity index (χ2n) is 4.17. The zero-order chi connectivity index (χ0) is 15.7. The first-order chi connectivity index (χ1) is 10.5. The summed E-state index contributed by atoms with van der Waals surface area (Å²) in [5.74, 6) is 0.218. The average Bonchev–Trinajstić information content (AvgIpc) is 3.06. The van der Waals surface area contributed by atoms with Crippen molar-refractivity contribution in [3.63, 3.8) is 0 Å². The summed E-state index contributed by atoms with van der Waals surface area (Å²) in [6, 6.07) is 4.39. The van der Waals surface area contributed by atoms with Gasteiger partial charge in [0.2, 0.25) is 15.0 Å². The minimum atomic E-state index is -3.78. The molecule has 1 aromatic carbocycles. The Hall–Kier alpha value is -1.75. The molecule has 116 valence electrons. The molecule has 0 bridgehead atoms. The van der Waals surface area contributed by atoms with Gasteiger partial charge in [0.05, 0.1) is 13.7 Å². The molecule has 0 spiro atoms. The minimum absolute atomic E-state index is 0.0227.